The number of hydrogen-bond donors (Lipinski definition) is 2. The van der Waals surface area contributed by atoms with Gasteiger partial charge < -0.3 is 10.6 Å². The molecule has 1 amide bonds. The molecule has 1 aliphatic rings. The van der Waals surface area contributed by atoms with Crippen LogP contribution in [0.1, 0.15) is 50.4 Å². The summed E-state index contributed by atoms with van der Waals surface area (Å²) in [6, 6.07) is 3.87. The van der Waals surface area contributed by atoms with Crippen LogP contribution in [0, 0.1) is 5.41 Å². The van der Waals surface area contributed by atoms with Crippen molar-refractivity contribution in [3.8, 4) is 0 Å². The summed E-state index contributed by atoms with van der Waals surface area (Å²) in [5.41, 5.74) is 1.03. The molecule has 0 radical (unpaired) electrons. The van der Waals surface area contributed by atoms with Crippen molar-refractivity contribution in [2.45, 2.75) is 46.1 Å². The highest BCUT2D eigenvalue weighted by atomic mass is 16.1. The SMILES string of the molecule is CCNc1cc(C(=O)NC2CCC(C)(C)C2)ccn1. The molecule has 1 atom stereocenters. The van der Waals surface area contributed by atoms with Crippen molar-refractivity contribution >= 4 is 11.7 Å². The molecule has 1 aromatic rings. The van der Waals surface area contributed by atoms with Gasteiger partial charge in [-0.3, -0.25) is 4.79 Å². The Morgan fingerprint density at radius 1 is 1.53 bits per heavy atom. The lowest BCUT2D eigenvalue weighted by Gasteiger charge is -2.18. The molecule has 19 heavy (non-hydrogen) atoms. The zero-order chi connectivity index (χ0) is 13.9. The standard InChI is InChI=1S/C15H23N3O/c1-4-16-13-9-11(6-8-17-13)14(19)18-12-5-7-15(2,3)10-12/h6,8-9,12H,4-5,7,10H2,1-3H3,(H,16,17)(H,18,19). The fourth-order valence-electron chi connectivity index (χ4n) is 2.68. The maximum Gasteiger partial charge on any atom is 0.251 e. The first-order valence-corrected chi connectivity index (χ1v) is 7.01. The Hall–Kier alpha value is -1.58. The molecule has 1 aliphatic carbocycles. The number of anilines is 1. The molecule has 0 bridgehead atoms. The van der Waals surface area contributed by atoms with Gasteiger partial charge in [0.25, 0.3) is 5.91 Å². The summed E-state index contributed by atoms with van der Waals surface area (Å²) >= 11 is 0. The van der Waals surface area contributed by atoms with Gasteiger partial charge in [-0.15, -0.1) is 0 Å². The van der Waals surface area contributed by atoms with E-state index in [0.29, 0.717) is 17.0 Å². The van der Waals surface area contributed by atoms with Crippen LogP contribution in [0.5, 0.6) is 0 Å². The van der Waals surface area contributed by atoms with Gasteiger partial charge in [-0.05, 0) is 43.7 Å². The Kier molecular flexibility index (Phi) is 4.08. The van der Waals surface area contributed by atoms with Gasteiger partial charge in [0.2, 0.25) is 0 Å². The van der Waals surface area contributed by atoms with Gasteiger partial charge in [0.05, 0.1) is 0 Å². The third-order valence-electron chi connectivity index (χ3n) is 3.68. The van der Waals surface area contributed by atoms with Crippen molar-refractivity contribution < 1.29 is 4.79 Å². The molecule has 2 rings (SSSR count). The van der Waals surface area contributed by atoms with Gasteiger partial charge >= 0.3 is 0 Å². The highest BCUT2D eigenvalue weighted by Crippen LogP contribution is 2.36. The molecule has 0 saturated heterocycles. The van der Waals surface area contributed by atoms with E-state index in [0.717, 1.165) is 25.2 Å². The first-order valence-electron chi connectivity index (χ1n) is 7.01. The Morgan fingerprint density at radius 2 is 2.32 bits per heavy atom. The lowest BCUT2D eigenvalue weighted by Crippen LogP contribution is -2.33. The Bertz CT molecular complexity index is 456. The third-order valence-corrected chi connectivity index (χ3v) is 3.68. The molecule has 0 aliphatic heterocycles. The number of nitrogens with one attached hydrogen (secondary N) is 2. The molecular formula is C15H23N3O. The summed E-state index contributed by atoms with van der Waals surface area (Å²) in [6.45, 7) is 7.33. The molecule has 4 nitrogen and oxygen atoms in total. The second kappa shape index (κ2) is 5.59. The molecule has 104 valence electrons. The van der Waals surface area contributed by atoms with E-state index < -0.39 is 0 Å². The van der Waals surface area contributed by atoms with Crippen molar-refractivity contribution in [1.82, 2.24) is 10.3 Å². The predicted molar refractivity (Wildman–Crippen MR) is 77.3 cm³/mol. The Balaban J connectivity index is 1.98. The molecule has 0 spiro atoms. The zero-order valence-electron chi connectivity index (χ0n) is 12.0. The highest BCUT2D eigenvalue weighted by Gasteiger charge is 2.31. The van der Waals surface area contributed by atoms with Crippen LogP contribution in [-0.2, 0) is 0 Å². The number of nitrogens with zero attached hydrogens (tertiary/aromatic N) is 1. The first-order chi connectivity index (χ1) is 9.00. The summed E-state index contributed by atoms with van der Waals surface area (Å²) in [7, 11) is 0. The van der Waals surface area contributed by atoms with E-state index >= 15 is 0 Å². The third kappa shape index (κ3) is 3.69. The average molecular weight is 261 g/mol. The maximum atomic E-state index is 12.2. The number of carbonyl (C=O) groups excluding carboxylic acids is 1. The van der Waals surface area contributed by atoms with Crippen LogP contribution in [0.15, 0.2) is 18.3 Å². The zero-order valence-corrected chi connectivity index (χ0v) is 12.0. The Morgan fingerprint density at radius 3 is 2.95 bits per heavy atom. The second-order valence-electron chi connectivity index (χ2n) is 6.04. The largest absolute Gasteiger partial charge is 0.370 e. The summed E-state index contributed by atoms with van der Waals surface area (Å²) in [4.78, 5) is 16.4. The summed E-state index contributed by atoms with van der Waals surface area (Å²) in [5.74, 6) is 0.756. The van der Waals surface area contributed by atoms with Gasteiger partial charge in [-0.1, -0.05) is 13.8 Å². The number of pyridine rings is 1. The van der Waals surface area contributed by atoms with Crippen molar-refractivity contribution in [2.75, 3.05) is 11.9 Å². The summed E-state index contributed by atoms with van der Waals surface area (Å²) in [6.07, 6.45) is 4.98. The van der Waals surface area contributed by atoms with E-state index in [1.165, 1.54) is 6.42 Å². The predicted octanol–water partition coefficient (Wildman–Crippen LogP) is 2.82. The number of amides is 1. The van der Waals surface area contributed by atoms with Crippen LogP contribution in [0.25, 0.3) is 0 Å². The van der Waals surface area contributed by atoms with Crippen LogP contribution >= 0.6 is 0 Å². The molecule has 1 aromatic heterocycles. The maximum absolute atomic E-state index is 12.2. The molecule has 4 heteroatoms. The van der Waals surface area contributed by atoms with Gasteiger partial charge in [-0.25, -0.2) is 4.98 Å². The molecular weight excluding hydrogens is 238 g/mol. The van der Waals surface area contributed by atoms with E-state index in [1.54, 1.807) is 18.3 Å². The van der Waals surface area contributed by atoms with Gasteiger partial charge in [0.1, 0.15) is 5.82 Å². The lowest BCUT2D eigenvalue weighted by molar-refractivity contribution is 0.0936. The number of rotatable bonds is 4. The summed E-state index contributed by atoms with van der Waals surface area (Å²) in [5, 5.41) is 6.24. The number of aromatic nitrogens is 1. The molecule has 1 fully saturated rings. The van der Waals surface area contributed by atoms with Crippen molar-refractivity contribution in [2.24, 2.45) is 5.41 Å². The number of carbonyl (C=O) groups is 1. The van der Waals surface area contributed by atoms with Crippen LogP contribution in [0.4, 0.5) is 5.82 Å². The molecule has 1 heterocycles. The normalized spacial score (nSPS) is 21.1. The average Bonchev–Trinajstić information content (AvgIpc) is 2.69. The highest BCUT2D eigenvalue weighted by molar-refractivity contribution is 5.95. The van der Waals surface area contributed by atoms with Crippen LogP contribution in [0.3, 0.4) is 0 Å². The van der Waals surface area contributed by atoms with E-state index in [-0.39, 0.29) is 5.91 Å². The fourth-order valence-corrected chi connectivity index (χ4v) is 2.68. The van der Waals surface area contributed by atoms with Gasteiger partial charge in [0, 0.05) is 24.3 Å². The van der Waals surface area contributed by atoms with E-state index in [1.807, 2.05) is 6.92 Å². The van der Waals surface area contributed by atoms with E-state index in [4.69, 9.17) is 0 Å². The quantitative estimate of drug-likeness (QED) is 0.876. The molecule has 1 unspecified atom stereocenters. The smallest absolute Gasteiger partial charge is 0.251 e. The lowest BCUT2D eigenvalue weighted by atomic mass is 9.92. The van der Waals surface area contributed by atoms with Crippen molar-refractivity contribution in [1.29, 1.82) is 0 Å². The van der Waals surface area contributed by atoms with Crippen LogP contribution < -0.4 is 10.6 Å². The fraction of sp³-hybridized carbons (Fsp3) is 0.600. The molecule has 1 saturated carbocycles. The van der Waals surface area contributed by atoms with Crippen LogP contribution in [0.2, 0.25) is 0 Å². The first kappa shape index (κ1) is 13.8. The minimum atomic E-state index is 0.00394. The van der Waals surface area contributed by atoms with E-state index in [9.17, 15) is 4.79 Å². The Labute approximate surface area is 115 Å². The minimum Gasteiger partial charge on any atom is -0.370 e. The van der Waals surface area contributed by atoms with E-state index in [2.05, 4.69) is 29.5 Å². The van der Waals surface area contributed by atoms with Crippen LogP contribution in [-0.4, -0.2) is 23.5 Å². The van der Waals surface area contributed by atoms with Crippen molar-refractivity contribution in [3.63, 3.8) is 0 Å². The van der Waals surface area contributed by atoms with Crippen molar-refractivity contribution in [3.05, 3.63) is 23.9 Å². The minimum absolute atomic E-state index is 0.00394. The molecule has 2 N–H and O–H groups in total. The topological polar surface area (TPSA) is 54.0 Å². The van der Waals surface area contributed by atoms with Gasteiger partial charge in [-0.2, -0.15) is 0 Å². The monoisotopic (exact) mass is 261 g/mol. The summed E-state index contributed by atoms with van der Waals surface area (Å²) < 4.78 is 0. The molecule has 0 aromatic carbocycles. The van der Waals surface area contributed by atoms with Gasteiger partial charge in [0.15, 0.2) is 0 Å². The second-order valence-corrected chi connectivity index (χ2v) is 6.04. The number of hydrogen-bond acceptors (Lipinski definition) is 3.